The summed E-state index contributed by atoms with van der Waals surface area (Å²) in [6, 6.07) is 1.69. The number of hydrogen-bond donors (Lipinski definition) is 2. The lowest BCUT2D eigenvalue weighted by Crippen LogP contribution is -2.36. The van der Waals surface area contributed by atoms with Crippen molar-refractivity contribution in [2.45, 2.75) is 6.42 Å². The Bertz CT molecular complexity index is 482. The predicted octanol–water partition coefficient (Wildman–Crippen LogP) is 1.07. The molecular formula is C12H17BrN4O3. The summed E-state index contributed by atoms with van der Waals surface area (Å²) < 4.78 is 5.71. The van der Waals surface area contributed by atoms with Crippen LogP contribution in [0.4, 0.5) is 0 Å². The molecule has 0 aromatic carbocycles. The normalized spacial score (nSPS) is 11.4. The molecule has 0 atom stereocenters. The number of carbonyl (C=O) groups is 1. The minimum atomic E-state index is -0.179. The zero-order valence-electron chi connectivity index (χ0n) is 11.1. The van der Waals surface area contributed by atoms with Gasteiger partial charge in [-0.15, -0.1) is 0 Å². The van der Waals surface area contributed by atoms with Crippen molar-refractivity contribution in [3.8, 4) is 0 Å². The van der Waals surface area contributed by atoms with Crippen molar-refractivity contribution in [1.82, 2.24) is 9.88 Å². The fraction of sp³-hybridized carbons (Fsp3) is 0.417. The molecule has 1 heterocycles. The largest absolute Gasteiger partial charge is 0.409 e. The highest BCUT2D eigenvalue weighted by Gasteiger charge is 2.16. The topological polar surface area (TPSA) is 101 Å². The number of amidine groups is 1. The number of aromatic nitrogens is 1. The number of ether oxygens (including phenoxy) is 1. The minimum absolute atomic E-state index is 0.0765. The van der Waals surface area contributed by atoms with Gasteiger partial charge in [-0.05, 0) is 22.0 Å². The first-order valence-corrected chi connectivity index (χ1v) is 6.73. The van der Waals surface area contributed by atoms with Crippen molar-refractivity contribution in [2.24, 2.45) is 10.9 Å². The summed E-state index contributed by atoms with van der Waals surface area (Å²) in [6.45, 7) is 1.16. The quantitative estimate of drug-likeness (QED) is 0.333. The van der Waals surface area contributed by atoms with Gasteiger partial charge in [0.2, 0.25) is 0 Å². The molecule has 1 amide bonds. The maximum absolute atomic E-state index is 12.4. The van der Waals surface area contributed by atoms with Crippen molar-refractivity contribution < 1.29 is 14.7 Å². The van der Waals surface area contributed by atoms with Crippen LogP contribution in [-0.2, 0) is 4.74 Å². The second kappa shape index (κ2) is 8.49. The van der Waals surface area contributed by atoms with Crippen molar-refractivity contribution in [2.75, 3.05) is 26.8 Å². The molecule has 0 unspecified atom stereocenters. The summed E-state index contributed by atoms with van der Waals surface area (Å²) in [6.07, 6.45) is 3.39. The molecule has 0 bridgehead atoms. The van der Waals surface area contributed by atoms with Gasteiger partial charge in [0.1, 0.15) is 5.84 Å². The van der Waals surface area contributed by atoms with Gasteiger partial charge in [-0.3, -0.25) is 9.78 Å². The third kappa shape index (κ3) is 5.14. The monoisotopic (exact) mass is 344 g/mol. The third-order valence-corrected chi connectivity index (χ3v) is 3.00. The van der Waals surface area contributed by atoms with Crippen LogP contribution in [0.5, 0.6) is 0 Å². The van der Waals surface area contributed by atoms with Crippen LogP contribution in [-0.4, -0.2) is 53.6 Å². The Labute approximate surface area is 125 Å². The molecule has 0 aliphatic rings. The molecule has 20 heavy (non-hydrogen) atoms. The van der Waals surface area contributed by atoms with E-state index in [1.54, 1.807) is 24.3 Å². The van der Waals surface area contributed by atoms with Crippen molar-refractivity contribution in [1.29, 1.82) is 0 Å². The molecule has 0 aliphatic heterocycles. The number of methoxy groups -OCH3 is 1. The number of pyridine rings is 1. The molecule has 0 spiro atoms. The summed E-state index contributed by atoms with van der Waals surface area (Å²) in [7, 11) is 1.56. The van der Waals surface area contributed by atoms with E-state index in [-0.39, 0.29) is 18.2 Å². The highest BCUT2D eigenvalue weighted by atomic mass is 79.9. The van der Waals surface area contributed by atoms with Crippen LogP contribution < -0.4 is 5.73 Å². The first-order chi connectivity index (χ1) is 9.58. The van der Waals surface area contributed by atoms with Gasteiger partial charge < -0.3 is 20.6 Å². The third-order valence-electron chi connectivity index (χ3n) is 2.57. The van der Waals surface area contributed by atoms with Crippen LogP contribution in [0, 0.1) is 0 Å². The molecule has 7 nitrogen and oxygen atoms in total. The molecule has 0 fully saturated rings. The SMILES string of the molecule is COCCN(CCC(N)=NO)C(=O)c1cncc(Br)c1. The molecule has 3 N–H and O–H groups in total. The molecule has 110 valence electrons. The van der Waals surface area contributed by atoms with E-state index < -0.39 is 0 Å². The van der Waals surface area contributed by atoms with E-state index in [1.165, 1.54) is 6.20 Å². The number of nitrogens with two attached hydrogens (primary N) is 1. The van der Waals surface area contributed by atoms with E-state index >= 15 is 0 Å². The van der Waals surface area contributed by atoms with E-state index in [2.05, 4.69) is 26.1 Å². The van der Waals surface area contributed by atoms with Crippen LogP contribution in [0.15, 0.2) is 28.1 Å². The molecule has 0 saturated heterocycles. The second-order valence-corrected chi connectivity index (χ2v) is 4.93. The number of nitrogens with zero attached hydrogens (tertiary/aromatic N) is 3. The van der Waals surface area contributed by atoms with Gasteiger partial charge in [0, 0.05) is 43.5 Å². The Morgan fingerprint density at radius 2 is 2.30 bits per heavy atom. The fourth-order valence-corrected chi connectivity index (χ4v) is 1.89. The first kappa shape index (κ1) is 16.4. The number of hydrogen-bond acceptors (Lipinski definition) is 5. The number of carbonyl (C=O) groups excluding carboxylic acids is 1. The number of rotatable bonds is 7. The molecule has 1 aromatic rings. The van der Waals surface area contributed by atoms with Crippen molar-refractivity contribution >= 4 is 27.7 Å². The lowest BCUT2D eigenvalue weighted by Gasteiger charge is -2.22. The van der Waals surface area contributed by atoms with Gasteiger partial charge in [0.05, 0.1) is 12.2 Å². The summed E-state index contributed by atoms with van der Waals surface area (Å²) in [5, 5.41) is 11.4. The highest BCUT2D eigenvalue weighted by molar-refractivity contribution is 9.10. The average Bonchev–Trinajstić information content (AvgIpc) is 2.46. The molecule has 0 aliphatic carbocycles. The maximum Gasteiger partial charge on any atom is 0.255 e. The molecule has 0 saturated carbocycles. The minimum Gasteiger partial charge on any atom is -0.409 e. The molecular weight excluding hydrogens is 328 g/mol. The number of amides is 1. The van der Waals surface area contributed by atoms with E-state index in [1.807, 2.05) is 0 Å². The summed E-state index contributed by atoms with van der Waals surface area (Å²) in [5.74, 6) is -0.103. The Morgan fingerprint density at radius 3 is 2.90 bits per heavy atom. The lowest BCUT2D eigenvalue weighted by molar-refractivity contribution is 0.0700. The van der Waals surface area contributed by atoms with Gasteiger partial charge in [-0.1, -0.05) is 5.16 Å². The number of halogens is 1. The first-order valence-electron chi connectivity index (χ1n) is 5.93. The van der Waals surface area contributed by atoms with Crippen LogP contribution in [0.3, 0.4) is 0 Å². The smallest absolute Gasteiger partial charge is 0.255 e. The maximum atomic E-state index is 12.4. The Balaban J connectivity index is 2.78. The standard InChI is InChI=1S/C12H17BrN4O3/c1-20-5-4-17(3-2-11(14)16-19)12(18)9-6-10(13)8-15-7-9/h6-8,19H,2-5H2,1H3,(H2,14,16). The molecule has 0 radical (unpaired) electrons. The van der Waals surface area contributed by atoms with Gasteiger partial charge in [-0.2, -0.15) is 0 Å². The van der Waals surface area contributed by atoms with Gasteiger partial charge in [0.15, 0.2) is 0 Å². The Hall–Kier alpha value is -1.67. The summed E-state index contributed by atoms with van der Waals surface area (Å²) in [4.78, 5) is 17.9. The molecule has 1 aromatic heterocycles. The molecule has 8 heteroatoms. The van der Waals surface area contributed by atoms with Gasteiger partial charge >= 0.3 is 0 Å². The van der Waals surface area contributed by atoms with E-state index in [0.29, 0.717) is 25.3 Å². The summed E-state index contributed by atoms with van der Waals surface area (Å²) in [5.41, 5.74) is 5.89. The fourth-order valence-electron chi connectivity index (χ4n) is 1.53. The van der Waals surface area contributed by atoms with E-state index in [0.717, 1.165) is 4.47 Å². The highest BCUT2D eigenvalue weighted by Crippen LogP contribution is 2.12. The Morgan fingerprint density at radius 1 is 1.55 bits per heavy atom. The van der Waals surface area contributed by atoms with Gasteiger partial charge in [-0.25, -0.2) is 0 Å². The van der Waals surface area contributed by atoms with E-state index in [9.17, 15) is 4.79 Å². The average molecular weight is 345 g/mol. The number of oxime groups is 1. The summed E-state index contributed by atoms with van der Waals surface area (Å²) >= 11 is 3.28. The second-order valence-electron chi connectivity index (χ2n) is 4.02. The van der Waals surface area contributed by atoms with Crippen LogP contribution in [0.1, 0.15) is 16.8 Å². The van der Waals surface area contributed by atoms with E-state index in [4.69, 9.17) is 15.7 Å². The Kier molecular flexibility index (Phi) is 6.96. The van der Waals surface area contributed by atoms with Crippen molar-refractivity contribution in [3.05, 3.63) is 28.5 Å². The van der Waals surface area contributed by atoms with Crippen LogP contribution in [0.2, 0.25) is 0 Å². The lowest BCUT2D eigenvalue weighted by atomic mass is 10.2. The van der Waals surface area contributed by atoms with Crippen LogP contribution >= 0.6 is 15.9 Å². The van der Waals surface area contributed by atoms with Crippen molar-refractivity contribution in [3.63, 3.8) is 0 Å². The predicted molar refractivity (Wildman–Crippen MR) is 77.7 cm³/mol. The molecule has 1 rings (SSSR count). The van der Waals surface area contributed by atoms with Gasteiger partial charge in [0.25, 0.3) is 5.91 Å². The zero-order valence-corrected chi connectivity index (χ0v) is 12.7. The zero-order chi connectivity index (χ0) is 15.0. The van der Waals surface area contributed by atoms with Crippen LogP contribution in [0.25, 0.3) is 0 Å².